The Labute approximate surface area is 236 Å². The Balaban J connectivity index is 1.63. The Bertz CT molecular complexity index is 1850. The zero-order chi connectivity index (χ0) is 28.6. The SMILES string of the molecule is CCOC(=O)C1=C(C)N=c2s/c(=C\c3ccc(-c4ccc(Cl)cc4[N+](=O)[O-])o3)c(=O)n2[C@H]1c1ccc(OC)cc1. The van der Waals surface area contributed by atoms with Crippen LogP contribution in [0.25, 0.3) is 17.4 Å². The van der Waals surface area contributed by atoms with E-state index in [1.165, 1.54) is 22.8 Å². The zero-order valence-electron chi connectivity index (χ0n) is 21.5. The largest absolute Gasteiger partial charge is 0.497 e. The number of carbonyl (C=O) groups is 1. The quantitative estimate of drug-likeness (QED) is 0.177. The van der Waals surface area contributed by atoms with Crippen molar-refractivity contribution in [2.75, 3.05) is 13.7 Å². The van der Waals surface area contributed by atoms with Crippen LogP contribution in [0.1, 0.15) is 31.2 Å². The molecule has 0 radical (unpaired) electrons. The van der Waals surface area contributed by atoms with Crippen LogP contribution in [0.3, 0.4) is 0 Å². The number of halogens is 1. The molecule has 2 aromatic heterocycles. The Morgan fingerprint density at radius 1 is 1.23 bits per heavy atom. The highest BCUT2D eigenvalue weighted by molar-refractivity contribution is 7.07. The van der Waals surface area contributed by atoms with Crippen molar-refractivity contribution in [3.63, 3.8) is 0 Å². The van der Waals surface area contributed by atoms with Gasteiger partial charge in [0.25, 0.3) is 11.2 Å². The first-order chi connectivity index (χ1) is 19.2. The lowest BCUT2D eigenvalue weighted by Crippen LogP contribution is -2.39. The van der Waals surface area contributed by atoms with E-state index in [2.05, 4.69) is 4.99 Å². The van der Waals surface area contributed by atoms with Crippen molar-refractivity contribution in [3.8, 4) is 17.1 Å². The van der Waals surface area contributed by atoms with Crippen molar-refractivity contribution < 1.29 is 23.6 Å². The second kappa shape index (κ2) is 10.9. The predicted molar refractivity (Wildman–Crippen MR) is 149 cm³/mol. The van der Waals surface area contributed by atoms with E-state index in [4.69, 9.17) is 25.5 Å². The molecule has 4 aromatic rings. The fourth-order valence-electron chi connectivity index (χ4n) is 4.46. The number of hydrogen-bond donors (Lipinski definition) is 0. The van der Waals surface area contributed by atoms with Crippen LogP contribution in [0.15, 0.2) is 80.1 Å². The fourth-order valence-corrected chi connectivity index (χ4v) is 5.65. The summed E-state index contributed by atoms with van der Waals surface area (Å²) in [6, 6.07) is 13.8. The first-order valence-corrected chi connectivity index (χ1v) is 13.3. The van der Waals surface area contributed by atoms with Gasteiger partial charge >= 0.3 is 5.97 Å². The molecule has 0 bridgehead atoms. The topological polar surface area (TPSA) is 126 Å². The van der Waals surface area contributed by atoms with E-state index in [-0.39, 0.29) is 39.8 Å². The van der Waals surface area contributed by atoms with Crippen LogP contribution < -0.4 is 19.6 Å². The molecule has 0 spiro atoms. The molecule has 0 aliphatic carbocycles. The van der Waals surface area contributed by atoms with E-state index in [0.29, 0.717) is 32.1 Å². The molecule has 0 saturated carbocycles. The summed E-state index contributed by atoms with van der Waals surface area (Å²) in [5.41, 5.74) is 1.07. The van der Waals surface area contributed by atoms with E-state index in [1.54, 1.807) is 63.4 Å². The molecule has 204 valence electrons. The lowest BCUT2D eigenvalue weighted by molar-refractivity contribution is -0.384. The Kier molecular flexibility index (Phi) is 7.42. The van der Waals surface area contributed by atoms with Crippen molar-refractivity contribution in [2.45, 2.75) is 19.9 Å². The van der Waals surface area contributed by atoms with Gasteiger partial charge in [-0.15, -0.1) is 0 Å². The summed E-state index contributed by atoms with van der Waals surface area (Å²) < 4.78 is 18.2. The van der Waals surface area contributed by atoms with Crippen molar-refractivity contribution in [1.82, 2.24) is 4.57 Å². The highest BCUT2D eigenvalue weighted by Crippen LogP contribution is 2.34. The summed E-state index contributed by atoms with van der Waals surface area (Å²) in [7, 11) is 1.55. The molecule has 1 aliphatic rings. The molecule has 5 rings (SSSR count). The van der Waals surface area contributed by atoms with Crippen molar-refractivity contribution in [3.05, 3.63) is 112 Å². The van der Waals surface area contributed by atoms with Gasteiger partial charge in [0.1, 0.15) is 17.3 Å². The average Bonchev–Trinajstić information content (AvgIpc) is 3.52. The Morgan fingerprint density at radius 2 is 1.98 bits per heavy atom. The molecule has 1 atom stereocenters. The third kappa shape index (κ3) is 4.96. The Morgan fingerprint density at radius 3 is 2.65 bits per heavy atom. The maximum Gasteiger partial charge on any atom is 0.338 e. The van der Waals surface area contributed by atoms with E-state index in [9.17, 15) is 19.7 Å². The van der Waals surface area contributed by atoms with Crippen LogP contribution in [0.2, 0.25) is 5.02 Å². The van der Waals surface area contributed by atoms with Gasteiger partial charge in [0, 0.05) is 17.2 Å². The minimum absolute atomic E-state index is 0.169. The molecular formula is C28H22ClN3O7S. The second-order valence-electron chi connectivity index (χ2n) is 8.70. The molecule has 3 heterocycles. The first-order valence-electron chi connectivity index (χ1n) is 12.1. The number of benzene rings is 2. The Hall–Kier alpha value is -4.48. The van der Waals surface area contributed by atoms with E-state index in [1.807, 2.05) is 0 Å². The number of allylic oxidation sites excluding steroid dienone is 1. The summed E-state index contributed by atoms with van der Waals surface area (Å²) in [5.74, 6) is 0.633. The van der Waals surface area contributed by atoms with Crippen LogP contribution in [0.5, 0.6) is 5.75 Å². The number of aromatic nitrogens is 1. The summed E-state index contributed by atoms with van der Waals surface area (Å²) in [6.07, 6.45) is 1.55. The van der Waals surface area contributed by atoms with Gasteiger partial charge in [-0.3, -0.25) is 19.5 Å². The number of esters is 1. The number of carbonyl (C=O) groups excluding carboxylic acids is 1. The highest BCUT2D eigenvalue weighted by Gasteiger charge is 2.33. The number of thiazole rings is 1. The number of fused-ring (bicyclic) bond motifs is 1. The molecule has 0 unspecified atom stereocenters. The number of rotatable bonds is 7. The molecule has 0 N–H and O–H groups in total. The van der Waals surface area contributed by atoms with Crippen LogP contribution in [0.4, 0.5) is 5.69 Å². The van der Waals surface area contributed by atoms with Gasteiger partial charge in [-0.1, -0.05) is 35.1 Å². The lowest BCUT2D eigenvalue weighted by Gasteiger charge is -2.24. The molecule has 0 fully saturated rings. The number of nitro groups is 1. The van der Waals surface area contributed by atoms with Gasteiger partial charge in [0.2, 0.25) is 0 Å². The van der Waals surface area contributed by atoms with Crippen LogP contribution in [0, 0.1) is 10.1 Å². The van der Waals surface area contributed by atoms with Gasteiger partial charge in [0.15, 0.2) is 4.80 Å². The maximum absolute atomic E-state index is 13.8. The van der Waals surface area contributed by atoms with Crippen LogP contribution in [-0.4, -0.2) is 29.2 Å². The summed E-state index contributed by atoms with van der Waals surface area (Å²) in [5, 5.41) is 11.8. The van der Waals surface area contributed by atoms with Crippen LogP contribution >= 0.6 is 22.9 Å². The minimum Gasteiger partial charge on any atom is -0.497 e. The van der Waals surface area contributed by atoms with Crippen molar-refractivity contribution in [2.24, 2.45) is 4.99 Å². The number of nitro benzene ring substituents is 1. The van der Waals surface area contributed by atoms with E-state index < -0.39 is 16.9 Å². The smallest absolute Gasteiger partial charge is 0.338 e. The number of hydrogen-bond acceptors (Lipinski definition) is 9. The third-order valence-corrected chi connectivity index (χ3v) is 7.49. The monoisotopic (exact) mass is 579 g/mol. The molecule has 0 saturated heterocycles. The van der Waals surface area contributed by atoms with Crippen molar-refractivity contribution in [1.29, 1.82) is 0 Å². The average molecular weight is 580 g/mol. The molecule has 40 heavy (non-hydrogen) atoms. The molecule has 10 nitrogen and oxygen atoms in total. The van der Waals surface area contributed by atoms with E-state index in [0.717, 1.165) is 11.3 Å². The lowest BCUT2D eigenvalue weighted by atomic mass is 9.96. The number of nitrogens with zero attached hydrogens (tertiary/aromatic N) is 3. The highest BCUT2D eigenvalue weighted by atomic mass is 35.5. The number of ether oxygens (including phenoxy) is 2. The summed E-state index contributed by atoms with van der Waals surface area (Å²) in [6.45, 7) is 3.58. The van der Waals surface area contributed by atoms with Gasteiger partial charge in [-0.2, -0.15) is 0 Å². The molecule has 1 aliphatic heterocycles. The molecular weight excluding hydrogens is 558 g/mol. The number of furan rings is 1. The van der Waals surface area contributed by atoms with Gasteiger partial charge in [-0.25, -0.2) is 9.79 Å². The zero-order valence-corrected chi connectivity index (χ0v) is 23.1. The van der Waals surface area contributed by atoms with Gasteiger partial charge < -0.3 is 13.9 Å². The molecule has 12 heteroatoms. The predicted octanol–water partition coefficient (Wildman–Crippen LogP) is 4.63. The summed E-state index contributed by atoms with van der Waals surface area (Å²) in [4.78, 5) is 42.7. The normalized spacial score (nSPS) is 15.0. The standard InChI is InChI=1S/C28H22ClN3O7S/c1-4-38-27(34)24-15(2)30-28-31(25(24)16-5-8-18(37-3)9-6-16)26(33)23(40-28)14-19-10-12-22(39-19)20-11-7-17(29)13-21(20)32(35)36/h5-14,25H,4H2,1-3H3/b23-14-/t25-/m0/s1. The summed E-state index contributed by atoms with van der Waals surface area (Å²) >= 11 is 7.07. The van der Waals surface area contributed by atoms with Crippen molar-refractivity contribution >= 4 is 40.7 Å². The molecule has 2 aromatic carbocycles. The van der Waals surface area contributed by atoms with E-state index >= 15 is 0 Å². The fraction of sp³-hybridized carbons (Fsp3) is 0.179. The third-order valence-electron chi connectivity index (χ3n) is 6.27. The van der Waals surface area contributed by atoms with Gasteiger partial charge in [-0.05, 0) is 55.8 Å². The minimum atomic E-state index is -0.771. The second-order valence-corrected chi connectivity index (χ2v) is 10.1. The molecule has 0 amide bonds. The van der Waals surface area contributed by atoms with Gasteiger partial charge in [0.05, 0.1) is 46.0 Å². The van der Waals surface area contributed by atoms with Crippen LogP contribution in [-0.2, 0) is 9.53 Å². The maximum atomic E-state index is 13.8. The number of methoxy groups -OCH3 is 1. The first kappa shape index (κ1) is 27.1.